The summed E-state index contributed by atoms with van der Waals surface area (Å²) >= 11 is 0. The van der Waals surface area contributed by atoms with Gasteiger partial charge in [-0.05, 0) is 81.7 Å². The molecule has 1 aromatic heterocycles. The zero-order valence-corrected chi connectivity index (χ0v) is 25.9. The molecule has 0 amide bonds. The number of hydrogen-bond donors (Lipinski definition) is 0. The molecule has 0 N–H and O–H groups in total. The van der Waals surface area contributed by atoms with Gasteiger partial charge in [-0.2, -0.15) is 0 Å². The zero-order chi connectivity index (χ0) is 29.0. The first-order valence-electron chi connectivity index (χ1n) is 16.3. The molecule has 210 valence electrons. The van der Waals surface area contributed by atoms with Gasteiger partial charge in [0.05, 0.1) is 11.1 Å². The Labute approximate surface area is 254 Å². The molecule has 1 aliphatic carbocycles. The molecule has 0 saturated heterocycles. The largest absolute Gasteiger partial charge is 0.335 e. The number of hydrogen-bond acceptors (Lipinski definition) is 1. The van der Waals surface area contributed by atoms with Crippen molar-refractivity contribution in [3.63, 3.8) is 0 Å². The highest BCUT2D eigenvalue weighted by molar-refractivity contribution is 7.00. The molecule has 2 unspecified atom stereocenters. The van der Waals surface area contributed by atoms with E-state index in [-0.39, 0.29) is 23.1 Å². The van der Waals surface area contributed by atoms with E-state index >= 15 is 0 Å². The minimum atomic E-state index is 0.0557. The van der Waals surface area contributed by atoms with Crippen molar-refractivity contribution in [2.75, 3.05) is 4.90 Å². The van der Waals surface area contributed by atoms with Gasteiger partial charge in [0, 0.05) is 38.8 Å². The lowest BCUT2D eigenvalue weighted by Gasteiger charge is -2.52. The van der Waals surface area contributed by atoms with E-state index in [0.29, 0.717) is 0 Å². The highest BCUT2D eigenvalue weighted by atomic mass is 15.3. The third-order valence-corrected chi connectivity index (χ3v) is 12.3. The average molecular weight is 557 g/mol. The minimum Gasteiger partial charge on any atom is -0.335 e. The van der Waals surface area contributed by atoms with E-state index in [1.54, 1.807) is 5.56 Å². The van der Waals surface area contributed by atoms with Gasteiger partial charge in [0.15, 0.2) is 0 Å². The van der Waals surface area contributed by atoms with Crippen LogP contribution in [0.4, 0.5) is 11.4 Å². The second kappa shape index (κ2) is 7.56. The van der Waals surface area contributed by atoms with Crippen LogP contribution in [0.3, 0.4) is 0 Å². The van der Waals surface area contributed by atoms with E-state index < -0.39 is 0 Å². The third-order valence-electron chi connectivity index (χ3n) is 12.3. The van der Waals surface area contributed by atoms with Crippen LogP contribution in [0.1, 0.15) is 71.4 Å². The first kappa shape index (κ1) is 24.5. The van der Waals surface area contributed by atoms with Crippen molar-refractivity contribution < 1.29 is 0 Å². The molecule has 43 heavy (non-hydrogen) atoms. The van der Waals surface area contributed by atoms with Crippen LogP contribution in [0.25, 0.3) is 38.3 Å². The van der Waals surface area contributed by atoms with Crippen molar-refractivity contribution >= 4 is 67.1 Å². The number of rotatable bonds is 0. The molecule has 4 heterocycles. The second-order valence-electron chi connectivity index (χ2n) is 15.3. The van der Waals surface area contributed by atoms with Crippen molar-refractivity contribution in [1.82, 2.24) is 4.57 Å². The summed E-state index contributed by atoms with van der Waals surface area (Å²) in [6, 6.07) is 33.1. The van der Waals surface area contributed by atoms with E-state index in [0.717, 1.165) is 0 Å². The lowest BCUT2D eigenvalue weighted by atomic mass is 9.33. The lowest BCUT2D eigenvalue weighted by Crippen LogP contribution is -2.64. The maximum atomic E-state index is 2.84. The Morgan fingerprint density at radius 2 is 1.51 bits per heavy atom. The van der Waals surface area contributed by atoms with Gasteiger partial charge in [-0.15, -0.1) is 0 Å². The van der Waals surface area contributed by atoms with Gasteiger partial charge in [0.25, 0.3) is 6.71 Å². The van der Waals surface area contributed by atoms with Crippen LogP contribution in [0.2, 0.25) is 0 Å². The lowest BCUT2D eigenvalue weighted by molar-refractivity contribution is 0.195. The number of nitrogens with zero attached hydrogens (tertiary/aromatic N) is 2. The highest BCUT2D eigenvalue weighted by Gasteiger charge is 2.61. The Bertz CT molecular complexity index is 2230. The zero-order valence-electron chi connectivity index (χ0n) is 25.9. The highest BCUT2D eigenvalue weighted by Crippen LogP contribution is 2.61. The van der Waals surface area contributed by atoms with Crippen molar-refractivity contribution in [2.45, 2.75) is 76.7 Å². The molecule has 3 aliphatic heterocycles. The summed E-state index contributed by atoms with van der Waals surface area (Å²) in [5.41, 5.74) is 14.8. The summed E-state index contributed by atoms with van der Waals surface area (Å²) in [6.45, 7) is 12.6. The maximum absolute atomic E-state index is 2.84. The van der Waals surface area contributed by atoms with Gasteiger partial charge in [-0.25, -0.2) is 0 Å². The van der Waals surface area contributed by atoms with Gasteiger partial charge < -0.3 is 9.47 Å². The van der Waals surface area contributed by atoms with E-state index in [1.165, 1.54) is 97.3 Å². The van der Waals surface area contributed by atoms with Gasteiger partial charge in [0.1, 0.15) is 0 Å². The monoisotopic (exact) mass is 556 g/mol. The number of benzene rings is 5. The van der Waals surface area contributed by atoms with Crippen LogP contribution in [0.5, 0.6) is 0 Å². The molecule has 0 radical (unpaired) electrons. The van der Waals surface area contributed by atoms with Crippen LogP contribution >= 0.6 is 0 Å². The van der Waals surface area contributed by atoms with Crippen LogP contribution in [0.15, 0.2) is 84.9 Å². The summed E-state index contributed by atoms with van der Waals surface area (Å²) in [7, 11) is 0. The Morgan fingerprint density at radius 3 is 2.37 bits per heavy atom. The van der Waals surface area contributed by atoms with E-state index in [1.807, 2.05) is 0 Å². The predicted molar refractivity (Wildman–Crippen MR) is 184 cm³/mol. The molecule has 10 rings (SSSR count). The fraction of sp³-hybridized carbons (Fsp3) is 0.300. The van der Waals surface area contributed by atoms with E-state index in [9.17, 15) is 0 Å². The van der Waals surface area contributed by atoms with E-state index in [2.05, 4.69) is 129 Å². The Kier molecular flexibility index (Phi) is 4.30. The quantitative estimate of drug-likeness (QED) is 0.171. The van der Waals surface area contributed by atoms with E-state index in [4.69, 9.17) is 0 Å². The van der Waals surface area contributed by atoms with Crippen LogP contribution in [0, 0.1) is 0 Å². The van der Waals surface area contributed by atoms with Crippen molar-refractivity contribution in [3.05, 3.63) is 96.1 Å². The smallest absolute Gasteiger partial charge is 0.252 e. The molecule has 4 aliphatic rings. The molecule has 1 saturated carbocycles. The average Bonchev–Trinajstić information content (AvgIpc) is 3.45. The van der Waals surface area contributed by atoms with Crippen LogP contribution in [-0.4, -0.2) is 16.8 Å². The van der Waals surface area contributed by atoms with Crippen molar-refractivity contribution in [3.8, 4) is 5.69 Å². The molecule has 0 spiro atoms. The summed E-state index contributed by atoms with van der Waals surface area (Å²) in [5, 5.41) is 5.41. The Morgan fingerprint density at radius 1 is 0.744 bits per heavy atom. The first-order valence-corrected chi connectivity index (χ1v) is 16.3. The minimum absolute atomic E-state index is 0.0557. The molecule has 6 aromatic rings. The summed E-state index contributed by atoms with van der Waals surface area (Å²) < 4.78 is 2.61. The summed E-state index contributed by atoms with van der Waals surface area (Å²) in [6.07, 6.45) is 5.11. The first-order chi connectivity index (χ1) is 20.7. The molecule has 3 heteroatoms. The van der Waals surface area contributed by atoms with Gasteiger partial charge in [-0.3, -0.25) is 0 Å². The molecule has 5 aromatic carbocycles. The standard InChI is InChI=1S/C40H37BN2/c1-38(2,3)25-22-28-37-30(23-25)41-29-15-10-14-27-34-26-13-7-6-12-24(26)18-19-31(34)42(36(27)29)32-16-11-17-33(35(32)41)43(37)40(5)21-9-8-20-39(28,40)4/h6-7,10-19,22-23H,8-9,20-21H2,1-5H3. The topological polar surface area (TPSA) is 8.17 Å². The molecule has 2 atom stereocenters. The normalized spacial score (nSPS) is 23.2. The molecular weight excluding hydrogens is 519 g/mol. The molecule has 2 nitrogen and oxygen atoms in total. The van der Waals surface area contributed by atoms with Crippen molar-refractivity contribution in [1.29, 1.82) is 0 Å². The Balaban J connectivity index is 1.41. The SMILES string of the molecule is CC(C)(C)c1cc2c3c(c1)C1(C)CCCCC1(C)N3c1cccc3c1B2c1cccc2c4c5ccccc5ccc4n-3c12. The molecular formula is C40H37BN2. The molecule has 1 fully saturated rings. The van der Waals surface area contributed by atoms with Crippen LogP contribution < -0.4 is 21.3 Å². The predicted octanol–water partition coefficient (Wildman–Crippen LogP) is 8.12. The van der Waals surface area contributed by atoms with Gasteiger partial charge in [-0.1, -0.05) is 107 Å². The molecule has 0 bridgehead atoms. The number of anilines is 2. The van der Waals surface area contributed by atoms with Crippen LogP contribution in [-0.2, 0) is 10.8 Å². The van der Waals surface area contributed by atoms with Crippen molar-refractivity contribution in [2.24, 2.45) is 0 Å². The number of para-hydroxylation sites is 1. The fourth-order valence-corrected chi connectivity index (χ4v) is 9.94. The second-order valence-corrected chi connectivity index (χ2v) is 15.3. The third kappa shape index (κ3) is 2.67. The Hall–Kier alpha value is -3.98. The fourth-order valence-electron chi connectivity index (χ4n) is 9.94. The van der Waals surface area contributed by atoms with Gasteiger partial charge in [0.2, 0.25) is 0 Å². The number of aromatic nitrogens is 1. The number of fused-ring (bicyclic) bond motifs is 12. The van der Waals surface area contributed by atoms with Gasteiger partial charge >= 0.3 is 0 Å². The summed E-state index contributed by atoms with van der Waals surface area (Å²) in [5.74, 6) is 0. The maximum Gasteiger partial charge on any atom is 0.252 e. The summed E-state index contributed by atoms with van der Waals surface area (Å²) in [4.78, 5) is 2.84.